The normalized spacial score (nSPS) is 10.2. The van der Waals surface area contributed by atoms with E-state index in [4.69, 9.17) is 5.26 Å². The van der Waals surface area contributed by atoms with Crippen LogP contribution in [0.25, 0.3) is 10.1 Å². The molecule has 1 aromatic carbocycles. The molecule has 0 spiro atoms. The summed E-state index contributed by atoms with van der Waals surface area (Å²) in [5.41, 5.74) is 0.388. The maximum atomic E-state index is 9.45. The van der Waals surface area contributed by atoms with E-state index in [2.05, 4.69) is 22.6 Å². The number of aromatic hydroxyl groups is 1. The highest BCUT2D eigenvalue weighted by molar-refractivity contribution is 14.1. The first kappa shape index (κ1) is 8.78. The number of halogens is 1. The first-order valence-electron chi connectivity index (χ1n) is 3.54. The lowest BCUT2D eigenvalue weighted by Crippen LogP contribution is -1.72. The molecule has 2 rings (SSSR count). The Labute approximate surface area is 92.6 Å². The number of nitriles is 1. The standard InChI is InChI=1S/C9H4INOS/c10-7-3-1-2-5-6(4-11)9(12)13-8(5)7/h1-3,12H. The van der Waals surface area contributed by atoms with Gasteiger partial charge in [-0.2, -0.15) is 5.26 Å². The summed E-state index contributed by atoms with van der Waals surface area (Å²) >= 11 is 3.45. The molecule has 0 saturated heterocycles. The zero-order chi connectivity index (χ0) is 9.42. The number of nitrogens with zero attached hydrogens (tertiary/aromatic N) is 1. The summed E-state index contributed by atoms with van der Waals surface area (Å²) < 4.78 is 2.05. The summed E-state index contributed by atoms with van der Waals surface area (Å²) in [7, 11) is 0. The molecule has 64 valence electrons. The molecule has 0 aliphatic carbocycles. The Morgan fingerprint density at radius 1 is 1.46 bits per heavy atom. The highest BCUT2D eigenvalue weighted by Crippen LogP contribution is 2.38. The van der Waals surface area contributed by atoms with Crippen molar-refractivity contribution in [3.05, 3.63) is 27.3 Å². The van der Waals surface area contributed by atoms with Gasteiger partial charge in [0.15, 0.2) is 5.06 Å². The molecule has 0 saturated carbocycles. The van der Waals surface area contributed by atoms with Crippen LogP contribution in [0.2, 0.25) is 0 Å². The molecule has 1 N–H and O–H groups in total. The van der Waals surface area contributed by atoms with Gasteiger partial charge in [0.2, 0.25) is 0 Å². The third kappa shape index (κ3) is 1.28. The average Bonchev–Trinajstić information content (AvgIpc) is 2.43. The molecule has 0 bridgehead atoms. The molecular weight excluding hydrogens is 297 g/mol. The minimum Gasteiger partial charge on any atom is -0.499 e. The summed E-state index contributed by atoms with van der Waals surface area (Å²) in [5.74, 6) is 0. The van der Waals surface area contributed by atoms with Crippen molar-refractivity contribution in [2.45, 2.75) is 0 Å². The van der Waals surface area contributed by atoms with Crippen molar-refractivity contribution in [2.75, 3.05) is 0 Å². The van der Waals surface area contributed by atoms with Gasteiger partial charge >= 0.3 is 0 Å². The Kier molecular flexibility index (Phi) is 2.14. The minimum atomic E-state index is 0.113. The number of hydrogen-bond acceptors (Lipinski definition) is 3. The number of hydrogen-bond donors (Lipinski definition) is 1. The molecule has 0 amide bonds. The van der Waals surface area contributed by atoms with Gasteiger partial charge in [-0.25, -0.2) is 0 Å². The fraction of sp³-hybridized carbons (Fsp3) is 0. The molecule has 2 aromatic rings. The summed E-state index contributed by atoms with van der Waals surface area (Å²) in [4.78, 5) is 0. The lowest BCUT2D eigenvalue weighted by Gasteiger charge is -1.90. The zero-order valence-corrected chi connectivity index (χ0v) is 9.39. The van der Waals surface area contributed by atoms with E-state index in [1.54, 1.807) is 0 Å². The summed E-state index contributed by atoms with van der Waals surface area (Å²) in [5, 5.41) is 19.2. The van der Waals surface area contributed by atoms with Crippen molar-refractivity contribution < 1.29 is 5.11 Å². The lowest BCUT2D eigenvalue weighted by molar-refractivity contribution is 0.490. The van der Waals surface area contributed by atoms with Gasteiger partial charge < -0.3 is 5.11 Å². The van der Waals surface area contributed by atoms with Gasteiger partial charge in [0, 0.05) is 8.96 Å². The van der Waals surface area contributed by atoms with Crippen molar-refractivity contribution in [1.82, 2.24) is 0 Å². The molecule has 0 unspecified atom stereocenters. The highest BCUT2D eigenvalue weighted by Gasteiger charge is 2.11. The Morgan fingerprint density at radius 3 is 2.92 bits per heavy atom. The van der Waals surface area contributed by atoms with E-state index in [1.165, 1.54) is 11.3 Å². The molecule has 0 atom stereocenters. The van der Waals surface area contributed by atoms with E-state index in [0.29, 0.717) is 5.56 Å². The molecular formula is C9H4INOS. The molecule has 13 heavy (non-hydrogen) atoms. The van der Waals surface area contributed by atoms with Crippen molar-refractivity contribution in [3.8, 4) is 11.1 Å². The van der Waals surface area contributed by atoms with Crippen molar-refractivity contribution in [2.24, 2.45) is 0 Å². The maximum absolute atomic E-state index is 9.45. The van der Waals surface area contributed by atoms with Gasteiger partial charge in [-0.1, -0.05) is 23.5 Å². The average molecular weight is 301 g/mol. The van der Waals surface area contributed by atoms with Crippen LogP contribution in [0.5, 0.6) is 5.06 Å². The van der Waals surface area contributed by atoms with Gasteiger partial charge in [0.1, 0.15) is 11.6 Å². The molecule has 0 aliphatic rings. The van der Waals surface area contributed by atoms with Gasteiger partial charge in [0.25, 0.3) is 0 Å². The topological polar surface area (TPSA) is 44.0 Å². The van der Waals surface area contributed by atoms with Crippen molar-refractivity contribution in [3.63, 3.8) is 0 Å². The molecule has 0 fully saturated rings. The fourth-order valence-corrected chi connectivity index (χ4v) is 2.91. The molecule has 0 radical (unpaired) electrons. The predicted octanol–water partition coefficient (Wildman–Crippen LogP) is 3.08. The smallest absolute Gasteiger partial charge is 0.190 e. The largest absolute Gasteiger partial charge is 0.499 e. The minimum absolute atomic E-state index is 0.113. The Balaban J connectivity index is 2.96. The van der Waals surface area contributed by atoms with E-state index in [9.17, 15) is 5.11 Å². The zero-order valence-electron chi connectivity index (χ0n) is 6.41. The number of fused-ring (bicyclic) bond motifs is 1. The lowest BCUT2D eigenvalue weighted by atomic mass is 10.2. The molecule has 1 aromatic heterocycles. The molecule has 2 nitrogen and oxygen atoms in total. The number of rotatable bonds is 0. The Hall–Kier alpha value is -0.800. The van der Waals surface area contributed by atoms with Crippen LogP contribution in [0.3, 0.4) is 0 Å². The van der Waals surface area contributed by atoms with Crippen molar-refractivity contribution in [1.29, 1.82) is 5.26 Å². The Bertz CT molecular complexity index is 512. The fourth-order valence-electron chi connectivity index (χ4n) is 1.18. The van der Waals surface area contributed by atoms with E-state index < -0.39 is 0 Å². The second-order valence-corrected chi connectivity index (χ2v) is 4.67. The highest BCUT2D eigenvalue weighted by atomic mass is 127. The number of benzene rings is 1. The monoisotopic (exact) mass is 301 g/mol. The summed E-state index contributed by atoms with van der Waals surface area (Å²) in [6.07, 6.45) is 0. The summed E-state index contributed by atoms with van der Waals surface area (Å²) in [6.45, 7) is 0. The third-order valence-corrected chi connectivity index (χ3v) is 4.07. The third-order valence-electron chi connectivity index (χ3n) is 1.76. The van der Waals surface area contributed by atoms with E-state index in [1.807, 2.05) is 24.3 Å². The van der Waals surface area contributed by atoms with Crippen LogP contribution in [0.15, 0.2) is 18.2 Å². The maximum Gasteiger partial charge on any atom is 0.190 e. The van der Waals surface area contributed by atoms with E-state index in [0.717, 1.165) is 13.7 Å². The van der Waals surface area contributed by atoms with Crippen LogP contribution >= 0.6 is 33.9 Å². The SMILES string of the molecule is N#Cc1c(O)sc2c(I)cccc12. The quantitative estimate of drug-likeness (QED) is 0.760. The van der Waals surface area contributed by atoms with E-state index in [-0.39, 0.29) is 5.06 Å². The summed E-state index contributed by atoms with van der Waals surface area (Å²) in [6, 6.07) is 7.70. The van der Waals surface area contributed by atoms with E-state index >= 15 is 0 Å². The molecule has 1 heterocycles. The Morgan fingerprint density at radius 2 is 2.23 bits per heavy atom. The van der Waals surface area contributed by atoms with Gasteiger partial charge in [0.05, 0.1) is 4.70 Å². The van der Waals surface area contributed by atoms with Gasteiger partial charge in [-0.15, -0.1) is 0 Å². The van der Waals surface area contributed by atoms with Crippen LogP contribution in [0, 0.1) is 14.9 Å². The number of thiophene rings is 1. The molecule has 0 aliphatic heterocycles. The molecule has 4 heteroatoms. The first-order chi connectivity index (χ1) is 6.24. The van der Waals surface area contributed by atoms with Crippen LogP contribution in [0.4, 0.5) is 0 Å². The first-order valence-corrected chi connectivity index (χ1v) is 5.43. The second kappa shape index (κ2) is 3.16. The van der Waals surface area contributed by atoms with Gasteiger partial charge in [-0.3, -0.25) is 0 Å². The predicted molar refractivity (Wildman–Crippen MR) is 60.9 cm³/mol. The second-order valence-electron chi connectivity index (χ2n) is 2.51. The van der Waals surface area contributed by atoms with Crippen LogP contribution < -0.4 is 0 Å². The van der Waals surface area contributed by atoms with Crippen LogP contribution in [-0.2, 0) is 0 Å². The van der Waals surface area contributed by atoms with Crippen molar-refractivity contribution >= 4 is 44.0 Å². The van der Waals surface area contributed by atoms with Crippen LogP contribution in [-0.4, -0.2) is 5.11 Å². The van der Waals surface area contributed by atoms with Crippen LogP contribution in [0.1, 0.15) is 5.56 Å². The van der Waals surface area contributed by atoms with Gasteiger partial charge in [-0.05, 0) is 28.7 Å².